The predicted octanol–water partition coefficient (Wildman–Crippen LogP) is 2.53. The molecule has 27 heavy (non-hydrogen) atoms. The van der Waals surface area contributed by atoms with E-state index in [1.54, 1.807) is 33.8 Å². The van der Waals surface area contributed by atoms with Gasteiger partial charge in [-0.05, 0) is 52.0 Å². The topological polar surface area (TPSA) is 104 Å². The van der Waals surface area contributed by atoms with Gasteiger partial charge < -0.3 is 0 Å². The van der Waals surface area contributed by atoms with Gasteiger partial charge in [0, 0.05) is 24.5 Å². The van der Waals surface area contributed by atoms with Crippen molar-refractivity contribution >= 4 is 33.5 Å². The Labute approximate surface area is 164 Å². The zero-order valence-corrected chi connectivity index (χ0v) is 17.3. The van der Waals surface area contributed by atoms with Gasteiger partial charge in [-0.15, -0.1) is 0 Å². The number of carbonyl (C=O) groups is 1. The van der Waals surface area contributed by atoms with E-state index in [9.17, 15) is 13.2 Å². The third-order valence-corrected chi connectivity index (χ3v) is 6.22. The highest BCUT2D eigenvalue weighted by atomic mass is 35.5. The first-order valence-corrected chi connectivity index (χ1v) is 10.0. The van der Waals surface area contributed by atoms with Crippen molar-refractivity contribution in [2.24, 2.45) is 0 Å². The Morgan fingerprint density at radius 1 is 1.15 bits per heavy atom. The second kappa shape index (κ2) is 8.20. The van der Waals surface area contributed by atoms with E-state index in [0.717, 1.165) is 11.4 Å². The molecule has 0 spiro atoms. The number of aromatic nitrogens is 2. The van der Waals surface area contributed by atoms with E-state index in [2.05, 4.69) is 20.8 Å². The molecule has 2 N–H and O–H groups in total. The first-order chi connectivity index (χ1) is 12.5. The maximum atomic E-state index is 12.6. The van der Waals surface area contributed by atoms with Gasteiger partial charge in [-0.1, -0.05) is 11.6 Å². The maximum absolute atomic E-state index is 12.6. The number of anilines is 1. The minimum Gasteiger partial charge on any atom is -0.267 e. The van der Waals surface area contributed by atoms with Crippen LogP contribution in [0.5, 0.6) is 0 Å². The Morgan fingerprint density at radius 2 is 1.74 bits per heavy atom. The van der Waals surface area contributed by atoms with Gasteiger partial charge in [-0.2, -0.15) is 4.31 Å². The molecule has 0 atom stereocenters. The molecule has 0 bridgehead atoms. The summed E-state index contributed by atoms with van der Waals surface area (Å²) in [5.74, 6) is -0.382. The molecule has 0 aliphatic rings. The summed E-state index contributed by atoms with van der Waals surface area (Å²) >= 11 is 6.09. The molecule has 1 aromatic carbocycles. The number of benzene rings is 1. The number of carbonyl (C=O) groups excluding carboxylic acids is 1. The monoisotopic (exact) mass is 411 g/mol. The van der Waals surface area contributed by atoms with Crippen molar-refractivity contribution in [1.82, 2.24) is 19.7 Å². The van der Waals surface area contributed by atoms with Gasteiger partial charge in [0.1, 0.15) is 0 Å². The summed E-state index contributed by atoms with van der Waals surface area (Å²) in [7, 11) is -2.26. The lowest BCUT2D eigenvalue weighted by molar-refractivity contribution is 0.0962. The van der Waals surface area contributed by atoms with Gasteiger partial charge >= 0.3 is 0 Å². The smallest absolute Gasteiger partial charge is 0.267 e. The maximum Gasteiger partial charge on any atom is 0.271 e. The van der Waals surface area contributed by atoms with Crippen LogP contribution in [-0.2, 0) is 10.0 Å². The van der Waals surface area contributed by atoms with Crippen LogP contribution in [-0.4, -0.2) is 41.7 Å². The summed E-state index contributed by atoms with van der Waals surface area (Å²) in [5.41, 5.74) is 6.54. The number of aryl methyl sites for hydroxylation is 2. The van der Waals surface area contributed by atoms with Crippen molar-refractivity contribution in [2.75, 3.05) is 12.5 Å². The third kappa shape index (κ3) is 4.94. The van der Waals surface area contributed by atoms with E-state index in [4.69, 9.17) is 11.6 Å². The second-order valence-corrected chi connectivity index (χ2v) is 8.71. The standard InChI is InChI=1S/C17H22ClN5O3S/c1-10(2)23(5)27(25,26)13-6-7-15(18)14(9-13)16(24)21-22-17-19-11(3)8-12(4)20-17/h6-10H,1-5H3,(H,21,24)(H,19,20,22). The molecule has 1 heterocycles. The molecule has 1 aromatic heterocycles. The largest absolute Gasteiger partial charge is 0.271 e. The van der Waals surface area contributed by atoms with E-state index in [1.807, 2.05) is 0 Å². The normalized spacial score (nSPS) is 11.7. The van der Waals surface area contributed by atoms with Gasteiger partial charge in [0.2, 0.25) is 16.0 Å². The number of hydrogen-bond donors (Lipinski definition) is 2. The average molecular weight is 412 g/mol. The van der Waals surface area contributed by atoms with Gasteiger partial charge in [0.15, 0.2) is 0 Å². The molecular weight excluding hydrogens is 390 g/mol. The minimum atomic E-state index is -3.74. The number of halogens is 1. The van der Waals surface area contributed by atoms with Crippen LogP contribution in [0, 0.1) is 13.8 Å². The van der Waals surface area contributed by atoms with Crippen LogP contribution in [0.1, 0.15) is 35.6 Å². The number of nitrogens with one attached hydrogen (secondary N) is 2. The highest BCUT2D eigenvalue weighted by Crippen LogP contribution is 2.23. The van der Waals surface area contributed by atoms with Crippen LogP contribution in [0.15, 0.2) is 29.2 Å². The Hall–Kier alpha value is -2.23. The van der Waals surface area contributed by atoms with Crippen molar-refractivity contribution in [3.8, 4) is 0 Å². The molecule has 10 heteroatoms. The average Bonchev–Trinajstić information content (AvgIpc) is 2.58. The summed E-state index contributed by atoms with van der Waals surface area (Å²) in [6.45, 7) is 7.12. The molecule has 8 nitrogen and oxygen atoms in total. The van der Waals surface area contributed by atoms with Crippen molar-refractivity contribution in [3.63, 3.8) is 0 Å². The number of nitrogens with zero attached hydrogens (tertiary/aromatic N) is 3. The van der Waals surface area contributed by atoms with Crippen LogP contribution in [0.4, 0.5) is 5.95 Å². The highest BCUT2D eigenvalue weighted by molar-refractivity contribution is 7.89. The summed E-state index contributed by atoms with van der Waals surface area (Å²) in [6.07, 6.45) is 0. The van der Waals surface area contributed by atoms with E-state index < -0.39 is 15.9 Å². The number of hydrazine groups is 1. The van der Waals surface area contributed by atoms with Crippen molar-refractivity contribution in [2.45, 2.75) is 38.6 Å². The molecule has 1 amide bonds. The minimum absolute atomic E-state index is 0.0177. The Bertz CT molecular complexity index is 943. The lowest BCUT2D eigenvalue weighted by Gasteiger charge is -2.21. The zero-order chi connectivity index (χ0) is 20.4. The molecule has 146 valence electrons. The number of amides is 1. The van der Waals surface area contributed by atoms with Crippen molar-refractivity contribution in [3.05, 3.63) is 46.2 Å². The molecule has 0 saturated carbocycles. The van der Waals surface area contributed by atoms with E-state index in [0.29, 0.717) is 0 Å². The predicted molar refractivity (Wildman–Crippen MR) is 104 cm³/mol. The quantitative estimate of drug-likeness (QED) is 0.708. The van der Waals surface area contributed by atoms with Crippen LogP contribution in [0.2, 0.25) is 5.02 Å². The fourth-order valence-electron chi connectivity index (χ4n) is 2.24. The van der Waals surface area contributed by atoms with Gasteiger partial charge in [-0.3, -0.25) is 15.6 Å². The molecule has 0 unspecified atom stereocenters. The van der Waals surface area contributed by atoms with E-state index in [-0.39, 0.29) is 27.5 Å². The highest BCUT2D eigenvalue weighted by Gasteiger charge is 2.25. The number of hydrogen-bond acceptors (Lipinski definition) is 6. The molecule has 2 aromatic rings. The third-order valence-electron chi connectivity index (χ3n) is 3.86. The Morgan fingerprint density at radius 3 is 2.30 bits per heavy atom. The molecule has 0 radical (unpaired) electrons. The van der Waals surface area contributed by atoms with Crippen LogP contribution >= 0.6 is 11.6 Å². The lowest BCUT2D eigenvalue weighted by Crippen LogP contribution is -2.34. The van der Waals surface area contributed by atoms with Crippen molar-refractivity contribution in [1.29, 1.82) is 0 Å². The van der Waals surface area contributed by atoms with Crippen LogP contribution < -0.4 is 10.9 Å². The fraction of sp³-hybridized carbons (Fsp3) is 0.353. The summed E-state index contributed by atoms with van der Waals surface area (Å²) in [5, 5.41) is 0.127. The fourth-order valence-corrected chi connectivity index (χ4v) is 3.84. The van der Waals surface area contributed by atoms with E-state index in [1.165, 1.54) is 29.6 Å². The number of rotatable bonds is 6. The summed E-state index contributed by atoms with van der Waals surface area (Å²) in [6, 6.07) is 5.56. The summed E-state index contributed by atoms with van der Waals surface area (Å²) in [4.78, 5) is 20.7. The van der Waals surface area contributed by atoms with Gasteiger partial charge in [0.25, 0.3) is 5.91 Å². The Balaban J connectivity index is 2.26. The van der Waals surface area contributed by atoms with Crippen molar-refractivity contribution < 1.29 is 13.2 Å². The Kier molecular flexibility index (Phi) is 6.40. The van der Waals surface area contributed by atoms with Crippen LogP contribution in [0.3, 0.4) is 0 Å². The molecule has 2 rings (SSSR count). The lowest BCUT2D eigenvalue weighted by atomic mass is 10.2. The first-order valence-electron chi connectivity index (χ1n) is 8.18. The first kappa shape index (κ1) is 21.1. The van der Waals surface area contributed by atoms with Crippen LogP contribution in [0.25, 0.3) is 0 Å². The molecular formula is C17H22ClN5O3S. The van der Waals surface area contributed by atoms with Gasteiger partial charge in [0.05, 0.1) is 15.5 Å². The molecule has 0 saturated heterocycles. The zero-order valence-electron chi connectivity index (χ0n) is 15.7. The second-order valence-electron chi connectivity index (χ2n) is 6.31. The molecule has 0 fully saturated rings. The number of sulfonamides is 1. The molecule has 0 aliphatic carbocycles. The van der Waals surface area contributed by atoms with Gasteiger partial charge in [-0.25, -0.2) is 18.4 Å². The molecule has 0 aliphatic heterocycles. The SMILES string of the molecule is Cc1cc(C)nc(NNC(=O)c2cc(S(=O)(=O)N(C)C(C)C)ccc2Cl)n1. The summed E-state index contributed by atoms with van der Waals surface area (Å²) < 4.78 is 26.5. The van der Waals surface area contributed by atoms with E-state index >= 15 is 0 Å².